The van der Waals surface area contributed by atoms with Crippen molar-refractivity contribution in [1.29, 1.82) is 0 Å². The van der Waals surface area contributed by atoms with Gasteiger partial charge in [0.25, 0.3) is 0 Å². The number of carbonyl (C=O) groups is 1. The molecular weight excluding hydrogens is 288 g/mol. The van der Waals surface area contributed by atoms with Crippen molar-refractivity contribution in [2.24, 2.45) is 0 Å². The molecule has 2 N–H and O–H groups in total. The fraction of sp³-hybridized carbons (Fsp3) is 0.143. The van der Waals surface area contributed by atoms with Gasteiger partial charge in [0.1, 0.15) is 0 Å². The van der Waals surface area contributed by atoms with Crippen LogP contribution >= 0.6 is 11.8 Å². The number of hydrogen-bond donors (Lipinski definition) is 2. The molecule has 0 aliphatic rings. The number of nitrogens with one attached hydrogen (secondary N) is 1. The van der Waals surface area contributed by atoms with Crippen molar-refractivity contribution in [1.82, 2.24) is 19.9 Å². The first-order valence-corrected chi connectivity index (χ1v) is 7.06. The van der Waals surface area contributed by atoms with E-state index in [4.69, 9.17) is 5.11 Å². The average molecular weight is 300 g/mol. The Balaban J connectivity index is 1.96. The van der Waals surface area contributed by atoms with Crippen LogP contribution in [0.25, 0.3) is 11.0 Å². The van der Waals surface area contributed by atoms with E-state index in [1.165, 1.54) is 17.8 Å². The molecule has 106 valence electrons. The van der Waals surface area contributed by atoms with Crippen molar-refractivity contribution in [2.45, 2.75) is 24.2 Å². The monoisotopic (exact) mass is 300 g/mol. The summed E-state index contributed by atoms with van der Waals surface area (Å²) in [6.45, 7) is 3.75. The second-order valence-electron chi connectivity index (χ2n) is 4.65. The maximum atomic E-state index is 11.0. The van der Waals surface area contributed by atoms with Gasteiger partial charge in [-0.2, -0.15) is 0 Å². The van der Waals surface area contributed by atoms with Gasteiger partial charge in [-0.3, -0.25) is 0 Å². The first-order valence-electron chi connectivity index (χ1n) is 6.24. The van der Waals surface area contributed by atoms with Crippen molar-refractivity contribution in [3.05, 3.63) is 41.2 Å². The quantitative estimate of drug-likeness (QED) is 0.723. The lowest BCUT2D eigenvalue weighted by Gasteiger charge is -2.00. The van der Waals surface area contributed by atoms with Crippen LogP contribution < -0.4 is 0 Å². The summed E-state index contributed by atoms with van der Waals surface area (Å²) in [5.41, 5.74) is 3.52. The molecule has 0 radical (unpaired) electrons. The Morgan fingerprint density at radius 1 is 1.19 bits per heavy atom. The summed E-state index contributed by atoms with van der Waals surface area (Å²) in [4.78, 5) is 26.9. The van der Waals surface area contributed by atoms with Crippen LogP contribution in [-0.4, -0.2) is 31.0 Å². The fourth-order valence-electron chi connectivity index (χ4n) is 1.93. The highest BCUT2D eigenvalue weighted by atomic mass is 32.2. The molecule has 0 amide bonds. The van der Waals surface area contributed by atoms with Crippen molar-refractivity contribution < 1.29 is 9.90 Å². The lowest BCUT2D eigenvalue weighted by Crippen LogP contribution is -2.03. The second kappa shape index (κ2) is 5.17. The Morgan fingerprint density at radius 2 is 2.00 bits per heavy atom. The molecule has 0 aliphatic heterocycles. The third-order valence-electron chi connectivity index (χ3n) is 2.86. The van der Waals surface area contributed by atoms with Crippen LogP contribution in [0.3, 0.4) is 0 Å². The van der Waals surface area contributed by atoms with Gasteiger partial charge in [-0.25, -0.2) is 19.7 Å². The van der Waals surface area contributed by atoms with Gasteiger partial charge in [0.15, 0.2) is 16.0 Å². The minimum absolute atomic E-state index is 0.0167. The molecule has 0 saturated heterocycles. The van der Waals surface area contributed by atoms with Crippen LogP contribution in [0, 0.1) is 13.8 Å². The topological polar surface area (TPSA) is 91.8 Å². The zero-order valence-electron chi connectivity index (χ0n) is 11.4. The molecule has 3 rings (SSSR count). The predicted octanol–water partition coefficient (Wildman–Crippen LogP) is 2.82. The molecule has 0 unspecified atom stereocenters. The number of carboxylic acids is 1. The van der Waals surface area contributed by atoms with E-state index in [9.17, 15) is 4.79 Å². The first kappa shape index (κ1) is 13.6. The van der Waals surface area contributed by atoms with Crippen LogP contribution in [-0.2, 0) is 0 Å². The van der Waals surface area contributed by atoms with Crippen LogP contribution in [0.5, 0.6) is 0 Å². The molecule has 1 aromatic carbocycles. The van der Waals surface area contributed by atoms with Crippen LogP contribution in [0.4, 0.5) is 0 Å². The maximum Gasteiger partial charge on any atom is 0.354 e. The highest BCUT2D eigenvalue weighted by Gasteiger charge is 2.12. The summed E-state index contributed by atoms with van der Waals surface area (Å²) in [6.07, 6.45) is 0. The van der Waals surface area contributed by atoms with Crippen LogP contribution in [0.15, 0.2) is 34.6 Å². The molecule has 2 aromatic heterocycles. The van der Waals surface area contributed by atoms with E-state index in [2.05, 4.69) is 19.9 Å². The molecule has 21 heavy (non-hydrogen) atoms. The number of aromatic nitrogens is 4. The Hall–Kier alpha value is -2.41. The smallest absolute Gasteiger partial charge is 0.354 e. The highest BCUT2D eigenvalue weighted by Crippen LogP contribution is 2.25. The molecule has 0 saturated carbocycles. The van der Waals surface area contributed by atoms with Crippen molar-refractivity contribution in [2.75, 3.05) is 0 Å². The Morgan fingerprint density at radius 3 is 2.76 bits per heavy atom. The summed E-state index contributed by atoms with van der Waals surface area (Å²) in [6, 6.07) is 7.37. The number of rotatable bonds is 3. The molecule has 0 spiro atoms. The third kappa shape index (κ3) is 2.87. The first-order chi connectivity index (χ1) is 10.0. The summed E-state index contributed by atoms with van der Waals surface area (Å²) in [7, 11) is 0. The van der Waals surface area contributed by atoms with Gasteiger partial charge >= 0.3 is 5.97 Å². The summed E-state index contributed by atoms with van der Waals surface area (Å²) >= 11 is 1.21. The molecule has 6 nitrogen and oxygen atoms in total. The minimum Gasteiger partial charge on any atom is -0.477 e. The van der Waals surface area contributed by atoms with Gasteiger partial charge in [0, 0.05) is 5.69 Å². The number of aromatic amines is 1. The molecular formula is C14H12N4O2S. The number of fused-ring (bicyclic) bond motifs is 1. The van der Waals surface area contributed by atoms with Gasteiger partial charge in [-0.15, -0.1) is 0 Å². The van der Waals surface area contributed by atoms with E-state index < -0.39 is 5.97 Å². The number of H-pyrrole nitrogens is 1. The molecule has 3 aromatic rings. The van der Waals surface area contributed by atoms with Gasteiger partial charge in [-0.1, -0.05) is 6.07 Å². The fourth-order valence-corrected chi connectivity index (χ4v) is 2.74. The zero-order chi connectivity index (χ0) is 15.0. The summed E-state index contributed by atoms with van der Waals surface area (Å²) < 4.78 is 0. The van der Waals surface area contributed by atoms with Gasteiger partial charge < -0.3 is 10.1 Å². The molecule has 0 bridgehead atoms. The molecule has 0 atom stereocenters. The highest BCUT2D eigenvalue weighted by molar-refractivity contribution is 7.99. The van der Waals surface area contributed by atoms with E-state index in [0.717, 1.165) is 16.6 Å². The summed E-state index contributed by atoms with van der Waals surface area (Å²) in [5.74, 6) is -1.07. The summed E-state index contributed by atoms with van der Waals surface area (Å²) in [5, 5.41) is 10.0. The van der Waals surface area contributed by atoms with Gasteiger partial charge in [0.05, 0.1) is 11.0 Å². The number of imidazole rings is 1. The van der Waals surface area contributed by atoms with Gasteiger partial charge in [-0.05, 0) is 49.4 Å². The van der Waals surface area contributed by atoms with E-state index >= 15 is 0 Å². The predicted molar refractivity (Wildman–Crippen MR) is 78.7 cm³/mol. The number of aromatic carboxylic acids is 1. The SMILES string of the molecule is Cc1ccc2nc(Sc3nc(C)cc(C(=O)O)n3)[nH]c2c1. The van der Waals surface area contributed by atoms with Gasteiger partial charge in [0.2, 0.25) is 0 Å². The van der Waals surface area contributed by atoms with Crippen LogP contribution in [0.2, 0.25) is 0 Å². The average Bonchev–Trinajstić information content (AvgIpc) is 2.79. The normalized spacial score (nSPS) is 11.0. The largest absolute Gasteiger partial charge is 0.477 e. The molecule has 7 heteroatoms. The van der Waals surface area contributed by atoms with Crippen molar-refractivity contribution >= 4 is 28.8 Å². The number of benzene rings is 1. The second-order valence-corrected chi connectivity index (χ2v) is 5.60. The van der Waals surface area contributed by atoms with E-state index in [1.807, 2.05) is 25.1 Å². The van der Waals surface area contributed by atoms with Crippen molar-refractivity contribution in [3.8, 4) is 0 Å². The standard InChI is InChI=1S/C14H12N4O2S/c1-7-3-4-9-10(5-7)17-14(16-9)21-13-15-8(2)6-11(18-13)12(19)20/h3-6H,1-2H3,(H,16,17)(H,19,20). The number of carboxylic acid groups (broad SMARTS) is 1. The zero-order valence-corrected chi connectivity index (χ0v) is 12.2. The van der Waals surface area contributed by atoms with E-state index in [-0.39, 0.29) is 5.69 Å². The molecule has 0 fully saturated rings. The van der Waals surface area contributed by atoms with E-state index in [0.29, 0.717) is 16.0 Å². The van der Waals surface area contributed by atoms with E-state index in [1.54, 1.807) is 6.92 Å². The lowest BCUT2D eigenvalue weighted by molar-refractivity contribution is 0.0689. The Labute approximate surface area is 124 Å². The number of hydrogen-bond acceptors (Lipinski definition) is 5. The van der Waals surface area contributed by atoms with Crippen LogP contribution in [0.1, 0.15) is 21.7 Å². The lowest BCUT2D eigenvalue weighted by atomic mass is 10.2. The van der Waals surface area contributed by atoms with Crippen molar-refractivity contribution in [3.63, 3.8) is 0 Å². The molecule has 2 heterocycles. The Bertz CT molecular complexity index is 844. The third-order valence-corrected chi connectivity index (χ3v) is 3.61. The minimum atomic E-state index is -1.07. The molecule has 0 aliphatic carbocycles. The Kier molecular flexibility index (Phi) is 3.34. The number of nitrogens with zero attached hydrogens (tertiary/aromatic N) is 3. The maximum absolute atomic E-state index is 11.0. The number of aryl methyl sites for hydroxylation is 2.